The van der Waals surface area contributed by atoms with Gasteiger partial charge in [0.2, 0.25) is 0 Å². The fraction of sp³-hybridized carbons (Fsp3) is 0.750. The van der Waals surface area contributed by atoms with Crippen molar-refractivity contribution in [1.82, 2.24) is 14.7 Å². The molecule has 1 aliphatic carbocycles. The van der Waals surface area contributed by atoms with Gasteiger partial charge in [-0.25, -0.2) is 9.48 Å². The van der Waals surface area contributed by atoms with Gasteiger partial charge in [0.1, 0.15) is 5.82 Å². The molecule has 0 aliphatic heterocycles. The Morgan fingerprint density at radius 2 is 2.09 bits per heavy atom. The van der Waals surface area contributed by atoms with E-state index in [1.54, 1.807) is 18.0 Å². The number of urea groups is 1. The molecule has 1 atom stereocenters. The number of hydrogen-bond acceptors (Lipinski definition) is 3. The standard InChI is InChI=1S/C16H28N4O2/c1-12(2)19(11-13(3)21)16(22)18-15-9-10-17-20(15)14-7-5-4-6-8-14/h9-10,12-14,21H,4-8,11H2,1-3H3,(H,18,22). The zero-order valence-electron chi connectivity index (χ0n) is 13.8. The molecule has 1 aromatic heterocycles. The molecule has 0 radical (unpaired) electrons. The summed E-state index contributed by atoms with van der Waals surface area (Å²) < 4.78 is 1.94. The Bertz CT molecular complexity index is 478. The van der Waals surface area contributed by atoms with Crippen LogP contribution in [0.3, 0.4) is 0 Å². The van der Waals surface area contributed by atoms with Gasteiger partial charge in [-0.3, -0.25) is 5.32 Å². The second kappa shape index (κ2) is 7.63. The van der Waals surface area contributed by atoms with Crippen molar-refractivity contribution in [3.63, 3.8) is 0 Å². The first-order valence-corrected chi connectivity index (χ1v) is 8.28. The van der Waals surface area contributed by atoms with Crippen LogP contribution in [0.1, 0.15) is 58.9 Å². The van der Waals surface area contributed by atoms with Crippen molar-refractivity contribution in [3.8, 4) is 0 Å². The Labute approximate surface area is 132 Å². The maximum atomic E-state index is 12.5. The maximum absolute atomic E-state index is 12.5. The molecule has 6 nitrogen and oxygen atoms in total. The van der Waals surface area contributed by atoms with Crippen molar-refractivity contribution in [3.05, 3.63) is 12.3 Å². The Morgan fingerprint density at radius 1 is 1.41 bits per heavy atom. The molecule has 124 valence electrons. The Morgan fingerprint density at radius 3 is 2.68 bits per heavy atom. The number of carbonyl (C=O) groups excluding carboxylic acids is 1. The van der Waals surface area contributed by atoms with Crippen molar-refractivity contribution < 1.29 is 9.90 Å². The van der Waals surface area contributed by atoms with Crippen LogP contribution >= 0.6 is 0 Å². The van der Waals surface area contributed by atoms with Gasteiger partial charge in [-0.2, -0.15) is 5.10 Å². The van der Waals surface area contributed by atoms with E-state index in [4.69, 9.17) is 0 Å². The summed E-state index contributed by atoms with van der Waals surface area (Å²) in [4.78, 5) is 14.1. The molecular formula is C16H28N4O2. The Kier molecular flexibility index (Phi) is 5.83. The van der Waals surface area contributed by atoms with E-state index in [1.807, 2.05) is 24.6 Å². The highest BCUT2D eigenvalue weighted by Crippen LogP contribution is 2.30. The highest BCUT2D eigenvalue weighted by Gasteiger charge is 2.22. The third-order valence-electron chi connectivity index (χ3n) is 4.17. The lowest BCUT2D eigenvalue weighted by molar-refractivity contribution is 0.125. The second-order valence-electron chi connectivity index (χ2n) is 6.48. The van der Waals surface area contributed by atoms with E-state index in [9.17, 15) is 9.90 Å². The van der Waals surface area contributed by atoms with Gasteiger partial charge in [0.15, 0.2) is 0 Å². The number of nitrogens with one attached hydrogen (secondary N) is 1. The first-order chi connectivity index (χ1) is 10.5. The average molecular weight is 308 g/mol. The molecule has 0 saturated heterocycles. The van der Waals surface area contributed by atoms with E-state index in [1.165, 1.54) is 19.3 Å². The molecule has 0 aromatic carbocycles. The number of hydrogen-bond donors (Lipinski definition) is 2. The predicted octanol–water partition coefficient (Wildman–Crippen LogP) is 3.01. The topological polar surface area (TPSA) is 70.4 Å². The monoisotopic (exact) mass is 308 g/mol. The molecule has 1 aliphatic rings. The van der Waals surface area contributed by atoms with E-state index in [2.05, 4.69) is 10.4 Å². The molecule has 0 bridgehead atoms. The summed E-state index contributed by atoms with van der Waals surface area (Å²) in [6.07, 6.45) is 7.15. The highest BCUT2D eigenvalue weighted by molar-refractivity contribution is 5.88. The summed E-state index contributed by atoms with van der Waals surface area (Å²) in [5.74, 6) is 0.744. The molecule has 1 heterocycles. The van der Waals surface area contributed by atoms with Crippen LogP contribution in [0.25, 0.3) is 0 Å². The van der Waals surface area contributed by atoms with Gasteiger partial charge in [-0.05, 0) is 33.6 Å². The number of anilines is 1. The third kappa shape index (κ3) is 4.22. The summed E-state index contributed by atoms with van der Waals surface area (Å²) in [5.41, 5.74) is 0. The third-order valence-corrected chi connectivity index (χ3v) is 4.17. The van der Waals surface area contributed by atoms with Crippen molar-refractivity contribution in [2.24, 2.45) is 0 Å². The number of amides is 2. The fourth-order valence-corrected chi connectivity index (χ4v) is 3.02. The van der Waals surface area contributed by atoms with E-state index < -0.39 is 6.10 Å². The number of rotatable bonds is 5. The highest BCUT2D eigenvalue weighted by atomic mass is 16.3. The molecule has 2 rings (SSSR count). The lowest BCUT2D eigenvalue weighted by Gasteiger charge is -2.29. The van der Waals surface area contributed by atoms with Crippen molar-refractivity contribution >= 4 is 11.8 Å². The average Bonchev–Trinajstić information content (AvgIpc) is 2.93. The smallest absolute Gasteiger partial charge is 0.323 e. The normalized spacial score (nSPS) is 17.5. The van der Waals surface area contributed by atoms with Crippen molar-refractivity contribution in [1.29, 1.82) is 0 Å². The number of aromatic nitrogens is 2. The first kappa shape index (κ1) is 16.8. The number of carbonyl (C=O) groups is 1. The van der Waals surface area contributed by atoms with Gasteiger partial charge in [0, 0.05) is 18.7 Å². The molecule has 2 N–H and O–H groups in total. The number of aliphatic hydroxyl groups excluding tert-OH is 1. The molecule has 6 heteroatoms. The van der Waals surface area contributed by atoms with Gasteiger partial charge < -0.3 is 10.0 Å². The van der Waals surface area contributed by atoms with Gasteiger partial charge in [-0.1, -0.05) is 19.3 Å². The van der Waals surface area contributed by atoms with E-state index in [-0.39, 0.29) is 12.1 Å². The summed E-state index contributed by atoms with van der Waals surface area (Å²) in [5, 5.41) is 16.9. The van der Waals surface area contributed by atoms with Gasteiger partial charge in [-0.15, -0.1) is 0 Å². The Balaban J connectivity index is 2.06. The van der Waals surface area contributed by atoms with Crippen LogP contribution in [-0.2, 0) is 0 Å². The van der Waals surface area contributed by atoms with Crippen LogP contribution in [0.15, 0.2) is 12.3 Å². The van der Waals surface area contributed by atoms with E-state index in [0.717, 1.165) is 18.7 Å². The summed E-state index contributed by atoms with van der Waals surface area (Å²) in [6.45, 7) is 5.90. The van der Waals surface area contributed by atoms with Crippen LogP contribution in [-0.4, -0.2) is 44.5 Å². The molecule has 2 amide bonds. The lowest BCUT2D eigenvalue weighted by Crippen LogP contribution is -2.44. The molecule has 1 saturated carbocycles. The predicted molar refractivity (Wildman–Crippen MR) is 86.9 cm³/mol. The zero-order chi connectivity index (χ0) is 16.1. The van der Waals surface area contributed by atoms with E-state index >= 15 is 0 Å². The van der Waals surface area contributed by atoms with Crippen molar-refractivity contribution in [2.45, 2.75) is 71.1 Å². The van der Waals surface area contributed by atoms with Crippen LogP contribution < -0.4 is 5.32 Å². The van der Waals surface area contributed by atoms with Crippen LogP contribution in [0, 0.1) is 0 Å². The maximum Gasteiger partial charge on any atom is 0.323 e. The molecule has 1 fully saturated rings. The SMILES string of the molecule is CC(O)CN(C(=O)Nc1ccnn1C1CCCCC1)C(C)C. The fourth-order valence-electron chi connectivity index (χ4n) is 3.02. The van der Waals surface area contributed by atoms with Gasteiger partial charge in [0.05, 0.1) is 18.3 Å². The molecule has 0 spiro atoms. The molecule has 1 unspecified atom stereocenters. The minimum Gasteiger partial charge on any atom is -0.392 e. The summed E-state index contributed by atoms with van der Waals surface area (Å²) in [7, 11) is 0. The quantitative estimate of drug-likeness (QED) is 0.878. The summed E-state index contributed by atoms with van der Waals surface area (Å²) in [6, 6.07) is 2.06. The van der Waals surface area contributed by atoms with Gasteiger partial charge >= 0.3 is 6.03 Å². The van der Waals surface area contributed by atoms with Crippen molar-refractivity contribution in [2.75, 3.05) is 11.9 Å². The lowest BCUT2D eigenvalue weighted by atomic mass is 9.96. The van der Waals surface area contributed by atoms with Crippen LogP contribution in [0.2, 0.25) is 0 Å². The summed E-state index contributed by atoms with van der Waals surface area (Å²) >= 11 is 0. The number of nitrogens with zero attached hydrogens (tertiary/aromatic N) is 3. The minimum absolute atomic E-state index is 0.0284. The first-order valence-electron chi connectivity index (χ1n) is 8.28. The molecular weight excluding hydrogens is 280 g/mol. The Hall–Kier alpha value is -1.56. The van der Waals surface area contributed by atoms with Crippen LogP contribution in [0.4, 0.5) is 10.6 Å². The molecule has 22 heavy (non-hydrogen) atoms. The largest absolute Gasteiger partial charge is 0.392 e. The minimum atomic E-state index is -0.545. The second-order valence-corrected chi connectivity index (χ2v) is 6.48. The molecule has 1 aromatic rings. The van der Waals surface area contributed by atoms with Gasteiger partial charge in [0.25, 0.3) is 0 Å². The zero-order valence-corrected chi connectivity index (χ0v) is 13.8. The van der Waals surface area contributed by atoms with E-state index in [0.29, 0.717) is 12.6 Å². The number of aliphatic hydroxyl groups is 1. The van der Waals surface area contributed by atoms with Crippen LogP contribution in [0.5, 0.6) is 0 Å².